The molecule has 42 heavy (non-hydrogen) atoms. The lowest BCUT2D eigenvalue weighted by Gasteiger charge is -2.53. The number of hydrogen-bond donors (Lipinski definition) is 9. The van der Waals surface area contributed by atoms with Crippen molar-refractivity contribution in [2.45, 2.75) is 55.9 Å². The standard InChI is InChI=1S/C28H37N5O9/c1-10-11-7-8-13(32-27(41)12(30)6-4-5-9-29)20(34)15(11)21(35)16-14(10)22(36)18-19(33(2)3)23(37)17(26(31)40)25(39)28(18,42)24(16)38/h7-8,10,12,14,18-19,22,34,36-38,42H,4-6,9,29-30H2,1-3H3,(H2,31,40)(H,32,41)/t10?,12-,14?,18?,19-,22?,28?/m0/s1. The summed E-state index contributed by atoms with van der Waals surface area (Å²) in [6.07, 6.45) is -0.0843. The van der Waals surface area contributed by atoms with E-state index in [0.29, 0.717) is 25.8 Å². The number of primary amides is 1. The van der Waals surface area contributed by atoms with Crippen molar-refractivity contribution in [1.29, 1.82) is 0 Å². The first-order chi connectivity index (χ1) is 19.6. The van der Waals surface area contributed by atoms with Gasteiger partial charge >= 0.3 is 0 Å². The number of aliphatic hydroxyl groups is 4. The zero-order chi connectivity index (χ0) is 31.4. The molecule has 0 aliphatic heterocycles. The Hall–Kier alpha value is -3.82. The van der Waals surface area contributed by atoms with Crippen molar-refractivity contribution in [3.8, 4) is 5.75 Å². The molecule has 3 aliphatic carbocycles. The van der Waals surface area contributed by atoms with E-state index in [1.54, 1.807) is 6.92 Å². The molecule has 14 heteroatoms. The normalized spacial score (nSPS) is 29.7. The van der Waals surface area contributed by atoms with Gasteiger partial charge in [0.25, 0.3) is 5.91 Å². The van der Waals surface area contributed by atoms with Gasteiger partial charge in [-0.05, 0) is 51.0 Å². The minimum Gasteiger partial charge on any atom is -0.510 e. The molecular formula is C28H37N5O9. The minimum absolute atomic E-state index is 0.134. The summed E-state index contributed by atoms with van der Waals surface area (Å²) in [7, 11) is 2.92. The molecule has 1 aromatic rings. The largest absolute Gasteiger partial charge is 0.510 e. The predicted molar refractivity (Wildman–Crippen MR) is 149 cm³/mol. The number of fused-ring (bicyclic) bond motifs is 3. The van der Waals surface area contributed by atoms with E-state index in [1.165, 1.54) is 31.1 Å². The fourth-order valence-corrected chi connectivity index (χ4v) is 6.59. The van der Waals surface area contributed by atoms with Crippen LogP contribution in [0.3, 0.4) is 0 Å². The van der Waals surface area contributed by atoms with E-state index in [9.17, 15) is 44.7 Å². The first-order valence-electron chi connectivity index (χ1n) is 13.6. The van der Waals surface area contributed by atoms with Gasteiger partial charge in [0.2, 0.25) is 11.7 Å². The Morgan fingerprint density at radius 1 is 1.14 bits per heavy atom. The number of benzene rings is 1. The number of hydrogen-bond acceptors (Lipinski definition) is 12. The molecule has 12 N–H and O–H groups in total. The van der Waals surface area contributed by atoms with Gasteiger partial charge in [0.1, 0.15) is 17.1 Å². The number of nitrogens with two attached hydrogens (primary N) is 3. The number of amides is 2. The molecule has 0 heterocycles. The van der Waals surface area contributed by atoms with Crippen LogP contribution in [0, 0.1) is 11.8 Å². The number of likely N-dealkylation sites (N-methyl/N-ethyl adjacent to an activating group) is 1. The number of phenols is 1. The molecule has 1 aromatic carbocycles. The number of nitrogens with one attached hydrogen (secondary N) is 1. The summed E-state index contributed by atoms with van der Waals surface area (Å²) in [6, 6.07) is 0.594. The zero-order valence-corrected chi connectivity index (χ0v) is 23.5. The molecule has 0 fully saturated rings. The minimum atomic E-state index is -3.01. The smallest absolute Gasteiger partial charge is 0.255 e. The maximum atomic E-state index is 13.9. The molecule has 4 rings (SSSR count). The van der Waals surface area contributed by atoms with E-state index >= 15 is 0 Å². The maximum absolute atomic E-state index is 13.9. The molecular weight excluding hydrogens is 550 g/mol. The van der Waals surface area contributed by atoms with Gasteiger partial charge in [-0.25, -0.2) is 0 Å². The molecule has 2 amide bonds. The fraction of sp³-hybridized carbons (Fsp3) is 0.500. The number of phenolic OH excluding ortho intramolecular Hbond substituents is 1. The molecule has 7 atom stereocenters. The van der Waals surface area contributed by atoms with Crippen LogP contribution in [0.1, 0.15) is 48.0 Å². The quantitative estimate of drug-likeness (QED) is 0.101. The van der Waals surface area contributed by atoms with Gasteiger partial charge in [0.15, 0.2) is 17.1 Å². The molecule has 0 bridgehead atoms. The van der Waals surface area contributed by atoms with E-state index in [1.807, 2.05) is 0 Å². The molecule has 0 spiro atoms. The number of unbranched alkanes of at least 4 members (excludes halogenated alkanes) is 1. The first kappa shape index (κ1) is 31.1. The Morgan fingerprint density at radius 2 is 1.79 bits per heavy atom. The number of anilines is 1. The van der Waals surface area contributed by atoms with Crippen LogP contribution >= 0.6 is 0 Å². The fourth-order valence-electron chi connectivity index (χ4n) is 6.59. The zero-order valence-electron chi connectivity index (χ0n) is 23.5. The number of carbonyl (C=O) groups is 4. The van der Waals surface area contributed by atoms with Crippen LogP contribution in [0.4, 0.5) is 5.69 Å². The topological polar surface area (TPSA) is 263 Å². The molecule has 0 radical (unpaired) electrons. The number of rotatable bonds is 8. The Morgan fingerprint density at radius 3 is 2.36 bits per heavy atom. The van der Waals surface area contributed by atoms with Crippen molar-refractivity contribution < 1.29 is 44.7 Å². The molecule has 228 valence electrons. The Labute approximate surface area is 241 Å². The molecule has 0 saturated heterocycles. The van der Waals surface area contributed by atoms with Crippen LogP contribution in [0.2, 0.25) is 0 Å². The van der Waals surface area contributed by atoms with Crippen LogP contribution < -0.4 is 22.5 Å². The maximum Gasteiger partial charge on any atom is 0.255 e. The van der Waals surface area contributed by atoms with Gasteiger partial charge in [-0.3, -0.25) is 24.1 Å². The number of aliphatic hydroxyl groups excluding tert-OH is 3. The summed E-state index contributed by atoms with van der Waals surface area (Å²) in [6.45, 7) is 2.05. The highest BCUT2D eigenvalue weighted by Gasteiger charge is 2.67. The van der Waals surface area contributed by atoms with Gasteiger partial charge in [-0.2, -0.15) is 0 Å². The highest BCUT2D eigenvalue weighted by atomic mass is 16.4. The lowest BCUT2D eigenvalue weighted by atomic mass is 9.55. The highest BCUT2D eigenvalue weighted by Crippen LogP contribution is 2.56. The number of carbonyl (C=O) groups excluding carboxylic acids is 4. The van der Waals surface area contributed by atoms with Crippen molar-refractivity contribution in [3.63, 3.8) is 0 Å². The van der Waals surface area contributed by atoms with Gasteiger partial charge < -0.3 is 48.1 Å². The molecule has 0 aromatic heterocycles. The van der Waals surface area contributed by atoms with E-state index in [4.69, 9.17) is 17.2 Å². The predicted octanol–water partition coefficient (Wildman–Crippen LogP) is -0.953. The molecule has 5 unspecified atom stereocenters. The number of nitrogens with zero attached hydrogens (tertiary/aromatic N) is 1. The van der Waals surface area contributed by atoms with E-state index in [2.05, 4.69) is 5.32 Å². The van der Waals surface area contributed by atoms with Crippen molar-refractivity contribution >= 4 is 29.1 Å². The van der Waals surface area contributed by atoms with Crippen LogP contribution in [-0.4, -0.2) is 98.2 Å². The Bertz CT molecular complexity index is 1420. The van der Waals surface area contributed by atoms with Gasteiger partial charge in [0.05, 0.1) is 35.4 Å². The van der Waals surface area contributed by atoms with Gasteiger partial charge in [-0.1, -0.05) is 19.4 Å². The summed E-state index contributed by atoms with van der Waals surface area (Å²) in [5, 5.41) is 59.3. The summed E-state index contributed by atoms with van der Waals surface area (Å²) in [5.41, 5.74) is 12.0. The lowest BCUT2D eigenvalue weighted by Crippen LogP contribution is -2.68. The SMILES string of the molecule is CC1c2ccc(NC(=O)[C@@H](N)CCCCN)c(O)c2C(=O)C2=C(O)C3(O)C(=O)C(C(N)=O)=C(O)[C@@H](N(C)C)C3C(O)C21. The Balaban J connectivity index is 1.84. The number of Topliss-reactive ketones (excluding diaryl/α,β-unsaturated/α-hetero) is 2. The van der Waals surface area contributed by atoms with Crippen molar-refractivity contribution in [2.75, 3.05) is 26.0 Å². The lowest BCUT2D eigenvalue weighted by molar-refractivity contribution is -0.162. The average molecular weight is 588 g/mol. The number of aromatic hydroxyl groups is 1. The third-order valence-corrected chi connectivity index (χ3v) is 8.70. The van der Waals surface area contributed by atoms with Crippen molar-refractivity contribution in [3.05, 3.63) is 45.9 Å². The monoisotopic (exact) mass is 587 g/mol. The Kier molecular flexibility index (Phi) is 8.23. The molecule has 0 saturated carbocycles. The van der Waals surface area contributed by atoms with Gasteiger partial charge in [0, 0.05) is 11.5 Å². The third-order valence-electron chi connectivity index (χ3n) is 8.70. The summed E-state index contributed by atoms with van der Waals surface area (Å²) in [4.78, 5) is 53.5. The van der Waals surface area contributed by atoms with Crippen LogP contribution in [0.15, 0.2) is 34.8 Å². The van der Waals surface area contributed by atoms with Crippen LogP contribution in [0.5, 0.6) is 5.75 Å². The average Bonchev–Trinajstić information content (AvgIpc) is 2.91. The van der Waals surface area contributed by atoms with Crippen molar-refractivity contribution in [1.82, 2.24) is 4.90 Å². The van der Waals surface area contributed by atoms with Crippen LogP contribution in [-0.2, 0) is 14.4 Å². The summed E-state index contributed by atoms with van der Waals surface area (Å²) in [5.74, 6) is -10.6. The van der Waals surface area contributed by atoms with Crippen LogP contribution in [0.25, 0.3) is 0 Å². The van der Waals surface area contributed by atoms with E-state index in [-0.39, 0.29) is 16.8 Å². The molecule has 3 aliphatic rings. The summed E-state index contributed by atoms with van der Waals surface area (Å²) < 4.78 is 0. The van der Waals surface area contributed by atoms with E-state index in [0.717, 1.165) is 0 Å². The summed E-state index contributed by atoms with van der Waals surface area (Å²) >= 11 is 0. The second-order valence-corrected chi connectivity index (χ2v) is 11.4. The highest BCUT2D eigenvalue weighted by molar-refractivity contribution is 6.25. The second kappa shape index (κ2) is 11.1. The van der Waals surface area contributed by atoms with Crippen molar-refractivity contribution in [2.24, 2.45) is 29.0 Å². The van der Waals surface area contributed by atoms with Gasteiger partial charge in [-0.15, -0.1) is 0 Å². The second-order valence-electron chi connectivity index (χ2n) is 11.4. The third kappa shape index (κ3) is 4.46. The number of ketones is 2. The molecule has 14 nitrogen and oxygen atoms in total. The van der Waals surface area contributed by atoms with E-state index < -0.39 is 93.3 Å². The first-order valence-corrected chi connectivity index (χ1v) is 13.6.